The van der Waals surface area contributed by atoms with Crippen LogP contribution in [-0.2, 0) is 0 Å². The minimum absolute atomic E-state index is 0.287. The number of benzene rings is 2. The van der Waals surface area contributed by atoms with Crippen LogP contribution in [0.15, 0.2) is 60.8 Å². The average molecular weight is 358 g/mol. The summed E-state index contributed by atoms with van der Waals surface area (Å²) in [4.78, 5) is 16.7. The highest BCUT2D eigenvalue weighted by atomic mass is 16.5. The van der Waals surface area contributed by atoms with E-state index in [1.54, 1.807) is 49.7 Å². The van der Waals surface area contributed by atoms with E-state index in [0.29, 0.717) is 17.0 Å². The van der Waals surface area contributed by atoms with Crippen molar-refractivity contribution in [2.45, 2.75) is 6.92 Å². The number of carbonyl (C=O) groups excluding carboxylic acids is 1. The van der Waals surface area contributed by atoms with Crippen molar-refractivity contribution in [3.63, 3.8) is 0 Å². The molecule has 6 nitrogen and oxygen atoms in total. The van der Waals surface area contributed by atoms with E-state index in [2.05, 4.69) is 21.7 Å². The number of hydrogen-bond donors (Lipinski definition) is 2. The molecule has 0 unspecified atom stereocenters. The second-order valence-electron chi connectivity index (χ2n) is 5.91. The number of aryl methyl sites for hydroxylation is 1. The van der Waals surface area contributed by atoms with E-state index in [9.17, 15) is 4.79 Å². The molecule has 3 rings (SSSR count). The van der Waals surface area contributed by atoms with Gasteiger partial charge in [0, 0.05) is 5.69 Å². The highest BCUT2D eigenvalue weighted by Gasteiger charge is 2.11. The fraction of sp³-hybridized carbons (Fsp3) is 0.0952. The fourth-order valence-electron chi connectivity index (χ4n) is 2.54. The summed E-state index contributed by atoms with van der Waals surface area (Å²) in [6.07, 6.45) is 1.57. The van der Waals surface area contributed by atoms with E-state index in [0.717, 1.165) is 16.9 Å². The predicted molar refractivity (Wildman–Crippen MR) is 104 cm³/mol. The third-order valence-electron chi connectivity index (χ3n) is 3.88. The molecule has 134 valence electrons. The van der Waals surface area contributed by atoms with Crippen LogP contribution in [0.4, 0.5) is 17.1 Å². The molecule has 0 spiro atoms. The molecular formula is C21H18N4O2. The topological polar surface area (TPSA) is 87.0 Å². The Balaban J connectivity index is 1.72. The van der Waals surface area contributed by atoms with Gasteiger partial charge in [0.25, 0.3) is 5.91 Å². The van der Waals surface area contributed by atoms with Crippen molar-refractivity contribution in [3.8, 4) is 11.8 Å². The number of methoxy groups -OCH3 is 1. The van der Waals surface area contributed by atoms with Crippen molar-refractivity contribution in [1.29, 1.82) is 5.26 Å². The number of ether oxygens (including phenoxy) is 1. The van der Waals surface area contributed by atoms with Gasteiger partial charge < -0.3 is 15.4 Å². The van der Waals surface area contributed by atoms with Crippen LogP contribution in [0.2, 0.25) is 0 Å². The molecule has 0 fully saturated rings. The van der Waals surface area contributed by atoms with Gasteiger partial charge in [-0.15, -0.1) is 0 Å². The van der Waals surface area contributed by atoms with E-state index >= 15 is 0 Å². The molecule has 0 radical (unpaired) electrons. The highest BCUT2D eigenvalue weighted by molar-refractivity contribution is 6.03. The monoisotopic (exact) mass is 358 g/mol. The van der Waals surface area contributed by atoms with Gasteiger partial charge in [-0.25, -0.2) is 4.98 Å². The molecule has 1 aromatic heterocycles. The second-order valence-corrected chi connectivity index (χ2v) is 5.91. The second kappa shape index (κ2) is 8.02. The molecule has 6 heteroatoms. The number of nitrogens with one attached hydrogen (secondary N) is 2. The summed E-state index contributed by atoms with van der Waals surface area (Å²) in [7, 11) is 1.56. The predicted octanol–water partition coefficient (Wildman–Crippen LogP) is 4.27. The minimum atomic E-state index is -0.322. The number of aromatic nitrogens is 1. The van der Waals surface area contributed by atoms with Gasteiger partial charge in [-0.1, -0.05) is 12.1 Å². The zero-order chi connectivity index (χ0) is 19.2. The van der Waals surface area contributed by atoms with Crippen molar-refractivity contribution in [3.05, 3.63) is 77.6 Å². The first-order valence-electron chi connectivity index (χ1n) is 8.28. The molecule has 0 saturated carbocycles. The van der Waals surface area contributed by atoms with E-state index in [1.165, 1.54) is 0 Å². The lowest BCUT2D eigenvalue weighted by Crippen LogP contribution is -2.14. The third-order valence-corrected chi connectivity index (χ3v) is 3.88. The standard InChI is InChI=1S/C21H18N4O2/c1-14-6-9-20(27-2)19(10-14)25-21(26)18-8-7-17(13-23-18)24-16-5-3-4-15(11-16)12-22/h3-11,13,24H,1-2H3,(H,25,26). The van der Waals surface area contributed by atoms with Gasteiger partial charge in [-0.2, -0.15) is 5.26 Å². The van der Waals surface area contributed by atoms with Gasteiger partial charge in [0.2, 0.25) is 0 Å². The molecule has 0 bridgehead atoms. The number of nitrogens with zero attached hydrogens (tertiary/aromatic N) is 2. The smallest absolute Gasteiger partial charge is 0.274 e. The zero-order valence-electron chi connectivity index (χ0n) is 15.0. The normalized spacial score (nSPS) is 9.96. The molecular weight excluding hydrogens is 340 g/mol. The van der Waals surface area contributed by atoms with Crippen LogP contribution in [0.25, 0.3) is 0 Å². The Labute approximate surface area is 157 Å². The van der Waals surface area contributed by atoms with Crippen molar-refractivity contribution in [2.24, 2.45) is 0 Å². The Morgan fingerprint density at radius 3 is 2.67 bits per heavy atom. The molecule has 0 atom stereocenters. The lowest BCUT2D eigenvalue weighted by molar-refractivity contribution is 0.102. The first-order chi connectivity index (χ1) is 13.1. The number of anilines is 3. The summed E-state index contributed by atoms with van der Waals surface area (Å²) in [5, 5.41) is 14.9. The van der Waals surface area contributed by atoms with E-state index in [1.807, 2.05) is 25.1 Å². The summed E-state index contributed by atoms with van der Waals surface area (Å²) < 4.78 is 5.27. The van der Waals surface area contributed by atoms with Gasteiger partial charge in [0.15, 0.2) is 0 Å². The summed E-state index contributed by atoms with van der Waals surface area (Å²) in [5.74, 6) is 0.265. The van der Waals surface area contributed by atoms with Crippen molar-refractivity contribution < 1.29 is 9.53 Å². The van der Waals surface area contributed by atoms with Crippen LogP contribution < -0.4 is 15.4 Å². The fourth-order valence-corrected chi connectivity index (χ4v) is 2.54. The van der Waals surface area contributed by atoms with Crippen LogP contribution in [0.1, 0.15) is 21.6 Å². The Morgan fingerprint density at radius 2 is 1.96 bits per heavy atom. The van der Waals surface area contributed by atoms with Gasteiger partial charge in [-0.05, 0) is 55.0 Å². The van der Waals surface area contributed by atoms with Crippen LogP contribution in [-0.4, -0.2) is 18.0 Å². The summed E-state index contributed by atoms with van der Waals surface area (Å²) in [6, 6.07) is 18.2. The number of pyridine rings is 1. The van der Waals surface area contributed by atoms with Crippen LogP contribution in [0.5, 0.6) is 5.75 Å². The molecule has 0 saturated heterocycles. The van der Waals surface area contributed by atoms with E-state index < -0.39 is 0 Å². The van der Waals surface area contributed by atoms with Crippen molar-refractivity contribution in [1.82, 2.24) is 4.98 Å². The Morgan fingerprint density at radius 1 is 1.11 bits per heavy atom. The van der Waals surface area contributed by atoms with Crippen LogP contribution in [0, 0.1) is 18.3 Å². The molecule has 0 aliphatic carbocycles. The highest BCUT2D eigenvalue weighted by Crippen LogP contribution is 2.25. The Bertz CT molecular complexity index is 1010. The number of nitriles is 1. The average Bonchev–Trinajstić information content (AvgIpc) is 2.69. The number of amides is 1. The summed E-state index contributed by atoms with van der Waals surface area (Å²) in [5.41, 5.74) is 3.95. The number of hydrogen-bond acceptors (Lipinski definition) is 5. The molecule has 0 aliphatic heterocycles. The third kappa shape index (κ3) is 4.41. The van der Waals surface area contributed by atoms with Gasteiger partial charge >= 0.3 is 0 Å². The molecule has 27 heavy (non-hydrogen) atoms. The van der Waals surface area contributed by atoms with Crippen molar-refractivity contribution >= 4 is 23.0 Å². The number of rotatable bonds is 5. The summed E-state index contributed by atoms with van der Waals surface area (Å²) in [6.45, 7) is 1.94. The van der Waals surface area contributed by atoms with E-state index in [-0.39, 0.29) is 11.6 Å². The first kappa shape index (κ1) is 18.0. The Kier molecular flexibility index (Phi) is 5.33. The Hall–Kier alpha value is -3.85. The van der Waals surface area contributed by atoms with Gasteiger partial charge in [-0.3, -0.25) is 4.79 Å². The van der Waals surface area contributed by atoms with E-state index in [4.69, 9.17) is 10.00 Å². The molecule has 0 aliphatic rings. The van der Waals surface area contributed by atoms with Gasteiger partial charge in [0.05, 0.1) is 36.3 Å². The number of carbonyl (C=O) groups is 1. The van der Waals surface area contributed by atoms with Crippen molar-refractivity contribution in [2.75, 3.05) is 17.7 Å². The van der Waals surface area contributed by atoms with Gasteiger partial charge in [0.1, 0.15) is 11.4 Å². The lowest BCUT2D eigenvalue weighted by Gasteiger charge is -2.11. The quantitative estimate of drug-likeness (QED) is 0.711. The van der Waals surface area contributed by atoms with Crippen LogP contribution in [0.3, 0.4) is 0 Å². The molecule has 3 aromatic rings. The molecule has 1 heterocycles. The maximum absolute atomic E-state index is 12.5. The largest absolute Gasteiger partial charge is 0.495 e. The summed E-state index contributed by atoms with van der Waals surface area (Å²) >= 11 is 0. The molecule has 1 amide bonds. The zero-order valence-corrected chi connectivity index (χ0v) is 15.0. The van der Waals surface area contributed by atoms with Crippen LogP contribution >= 0.6 is 0 Å². The maximum atomic E-state index is 12.5. The lowest BCUT2D eigenvalue weighted by atomic mass is 10.2. The molecule has 2 N–H and O–H groups in total. The minimum Gasteiger partial charge on any atom is -0.495 e. The SMILES string of the molecule is COc1ccc(C)cc1NC(=O)c1ccc(Nc2cccc(C#N)c2)cn1. The molecule has 2 aromatic carbocycles. The maximum Gasteiger partial charge on any atom is 0.274 e. The first-order valence-corrected chi connectivity index (χ1v) is 8.28.